The highest BCUT2D eigenvalue weighted by Crippen LogP contribution is 2.15. The van der Waals surface area contributed by atoms with Crippen molar-refractivity contribution in [2.75, 3.05) is 0 Å². The summed E-state index contributed by atoms with van der Waals surface area (Å²) in [6, 6.07) is 0. The first-order valence-electron chi connectivity index (χ1n) is 18.4. The van der Waals surface area contributed by atoms with Crippen LogP contribution in [0.2, 0.25) is 0 Å². The minimum atomic E-state index is 1.22. The molecule has 0 aliphatic rings. The van der Waals surface area contributed by atoms with Gasteiger partial charge in [0.15, 0.2) is 0 Å². The summed E-state index contributed by atoms with van der Waals surface area (Å²) in [5.74, 6) is 1.61. The fourth-order valence-electron chi connectivity index (χ4n) is 6.15. The molecular formula is C37H73N2+. The van der Waals surface area contributed by atoms with Gasteiger partial charge in [0.25, 0.3) is 5.82 Å². The Bertz CT molecular complexity index is 605. The van der Waals surface area contributed by atoms with E-state index < -0.39 is 0 Å². The molecule has 0 bridgehead atoms. The molecule has 39 heavy (non-hydrogen) atoms. The van der Waals surface area contributed by atoms with Gasteiger partial charge in [-0.15, -0.1) is 0 Å². The molecule has 0 fully saturated rings. The number of imidazole rings is 1. The summed E-state index contributed by atoms with van der Waals surface area (Å²) in [5, 5.41) is 0. The van der Waals surface area contributed by atoms with Crippen LogP contribution in [0.3, 0.4) is 0 Å². The van der Waals surface area contributed by atoms with Crippen LogP contribution in [-0.4, -0.2) is 4.57 Å². The fraction of sp³-hybridized carbons (Fsp3) is 0.919. The number of nitrogens with zero attached hydrogens (tertiary/aromatic N) is 2. The second-order valence-corrected chi connectivity index (χ2v) is 12.7. The van der Waals surface area contributed by atoms with Gasteiger partial charge in [-0.3, -0.25) is 0 Å². The minimum absolute atomic E-state index is 1.22. The summed E-state index contributed by atoms with van der Waals surface area (Å²) in [4.78, 5) is 0. The van der Waals surface area contributed by atoms with E-state index in [1.807, 2.05) is 0 Å². The predicted molar refractivity (Wildman–Crippen MR) is 175 cm³/mol. The minimum Gasteiger partial charge on any atom is -0.234 e. The molecule has 1 aromatic rings. The van der Waals surface area contributed by atoms with E-state index in [1.54, 1.807) is 5.82 Å². The van der Waals surface area contributed by atoms with Crippen LogP contribution in [0.4, 0.5) is 0 Å². The van der Waals surface area contributed by atoms with Gasteiger partial charge in [0.1, 0.15) is 12.4 Å². The first-order valence-corrected chi connectivity index (χ1v) is 18.4. The topological polar surface area (TPSA) is 8.81 Å². The Morgan fingerprint density at radius 3 is 1.23 bits per heavy atom. The molecule has 1 heterocycles. The third-order valence-corrected chi connectivity index (χ3v) is 8.85. The zero-order valence-corrected chi connectivity index (χ0v) is 27.5. The molecule has 1 aromatic heterocycles. The highest BCUT2D eigenvalue weighted by Gasteiger charge is 2.16. The number of unbranched alkanes of at least 4 members (excludes halogenated alkanes) is 25. The zero-order chi connectivity index (χ0) is 28.1. The van der Waals surface area contributed by atoms with Gasteiger partial charge in [-0.2, -0.15) is 0 Å². The molecule has 230 valence electrons. The van der Waals surface area contributed by atoms with Crippen molar-refractivity contribution in [3.8, 4) is 0 Å². The van der Waals surface area contributed by atoms with Gasteiger partial charge < -0.3 is 0 Å². The van der Waals surface area contributed by atoms with Crippen LogP contribution in [0.1, 0.15) is 206 Å². The molecule has 0 amide bonds. The lowest BCUT2D eigenvalue weighted by Crippen LogP contribution is -2.37. The molecule has 0 saturated heterocycles. The van der Waals surface area contributed by atoms with E-state index in [1.165, 1.54) is 199 Å². The van der Waals surface area contributed by atoms with Crippen LogP contribution in [0, 0.1) is 0 Å². The van der Waals surface area contributed by atoms with Crippen molar-refractivity contribution in [3.63, 3.8) is 0 Å². The summed E-state index contributed by atoms with van der Waals surface area (Å²) < 4.78 is 5.21. The molecule has 0 N–H and O–H groups in total. The Morgan fingerprint density at radius 1 is 0.436 bits per heavy atom. The van der Waals surface area contributed by atoms with E-state index in [0.717, 1.165) is 0 Å². The number of aryl methyl sites for hydroxylation is 2. The van der Waals surface area contributed by atoms with Crippen molar-refractivity contribution in [1.82, 2.24) is 4.57 Å². The SMILES string of the molecule is CCCCCCCCCCCCCCCCn1cc[n+](CCCCC)c1CCCCCCCCCCCCC. The molecular weight excluding hydrogens is 472 g/mol. The Hall–Kier alpha value is -0.790. The van der Waals surface area contributed by atoms with Gasteiger partial charge in [0.2, 0.25) is 0 Å². The third-order valence-electron chi connectivity index (χ3n) is 8.85. The monoisotopic (exact) mass is 546 g/mol. The third kappa shape index (κ3) is 21.6. The highest BCUT2D eigenvalue weighted by molar-refractivity contribution is 4.84. The van der Waals surface area contributed by atoms with Crippen LogP contribution >= 0.6 is 0 Å². The van der Waals surface area contributed by atoms with Crippen molar-refractivity contribution >= 4 is 0 Å². The molecule has 0 unspecified atom stereocenters. The van der Waals surface area contributed by atoms with Crippen LogP contribution < -0.4 is 4.57 Å². The van der Waals surface area contributed by atoms with Gasteiger partial charge in [0, 0.05) is 6.42 Å². The van der Waals surface area contributed by atoms with Gasteiger partial charge in [-0.05, 0) is 32.1 Å². The van der Waals surface area contributed by atoms with Crippen LogP contribution in [0.5, 0.6) is 0 Å². The largest absolute Gasteiger partial charge is 0.256 e. The highest BCUT2D eigenvalue weighted by atomic mass is 15.1. The van der Waals surface area contributed by atoms with Gasteiger partial charge in [0.05, 0.1) is 13.1 Å². The first kappa shape index (κ1) is 36.2. The van der Waals surface area contributed by atoms with Gasteiger partial charge in [-0.25, -0.2) is 9.13 Å². The van der Waals surface area contributed by atoms with E-state index in [-0.39, 0.29) is 0 Å². The van der Waals surface area contributed by atoms with E-state index in [0.29, 0.717) is 0 Å². The Kier molecular flexibility index (Phi) is 26.7. The van der Waals surface area contributed by atoms with E-state index in [2.05, 4.69) is 42.3 Å². The number of hydrogen-bond acceptors (Lipinski definition) is 0. The number of hydrogen-bond donors (Lipinski definition) is 0. The van der Waals surface area contributed by atoms with Crippen molar-refractivity contribution in [2.24, 2.45) is 0 Å². The van der Waals surface area contributed by atoms with Crippen molar-refractivity contribution in [1.29, 1.82) is 0 Å². The Balaban J connectivity index is 2.16. The zero-order valence-electron chi connectivity index (χ0n) is 27.5. The lowest BCUT2D eigenvalue weighted by atomic mass is 10.0. The van der Waals surface area contributed by atoms with Crippen LogP contribution in [0.25, 0.3) is 0 Å². The first-order chi connectivity index (χ1) is 19.3. The van der Waals surface area contributed by atoms with E-state index in [9.17, 15) is 0 Å². The van der Waals surface area contributed by atoms with Crippen LogP contribution in [-0.2, 0) is 19.5 Å². The molecule has 2 heteroatoms. The fourth-order valence-corrected chi connectivity index (χ4v) is 6.15. The summed E-state index contributed by atoms with van der Waals surface area (Å²) in [5.41, 5.74) is 0. The number of rotatable bonds is 31. The molecule has 0 aromatic carbocycles. The normalized spacial score (nSPS) is 11.6. The van der Waals surface area contributed by atoms with Gasteiger partial charge >= 0.3 is 0 Å². The quantitative estimate of drug-likeness (QED) is 0.0648. The summed E-state index contributed by atoms with van der Waals surface area (Å²) >= 11 is 0. The second kappa shape index (κ2) is 28.7. The predicted octanol–water partition coefficient (Wildman–Crippen LogP) is 12.3. The molecule has 0 radical (unpaired) electrons. The molecule has 2 nitrogen and oxygen atoms in total. The Labute approximate surface area is 247 Å². The average Bonchev–Trinajstić information content (AvgIpc) is 3.33. The maximum Gasteiger partial charge on any atom is 0.256 e. The molecule has 0 saturated carbocycles. The maximum absolute atomic E-state index is 2.61. The van der Waals surface area contributed by atoms with Crippen molar-refractivity contribution < 1.29 is 4.57 Å². The average molecular weight is 546 g/mol. The lowest BCUT2D eigenvalue weighted by molar-refractivity contribution is -0.704. The lowest BCUT2D eigenvalue weighted by Gasteiger charge is -2.07. The van der Waals surface area contributed by atoms with Crippen LogP contribution in [0.15, 0.2) is 12.4 Å². The molecule has 1 rings (SSSR count). The van der Waals surface area contributed by atoms with Gasteiger partial charge in [-0.1, -0.05) is 168 Å². The number of aromatic nitrogens is 2. The van der Waals surface area contributed by atoms with Crippen molar-refractivity contribution in [2.45, 2.75) is 220 Å². The standard InChI is InChI=1S/C37H73N2/c1-4-7-10-12-14-16-18-19-20-22-24-26-28-31-34-39-36-35-38(33-30-9-6-3)37(39)32-29-27-25-23-21-17-15-13-11-8-5-2/h35-36H,4-34H2,1-3H3/q+1. The van der Waals surface area contributed by atoms with Crippen molar-refractivity contribution in [3.05, 3.63) is 18.2 Å². The van der Waals surface area contributed by atoms with E-state index >= 15 is 0 Å². The molecule has 0 spiro atoms. The molecule has 0 aliphatic heterocycles. The second-order valence-electron chi connectivity index (χ2n) is 12.7. The summed E-state index contributed by atoms with van der Waals surface area (Å²) in [7, 11) is 0. The maximum atomic E-state index is 2.61. The molecule has 0 atom stereocenters. The summed E-state index contributed by atoms with van der Waals surface area (Å²) in [6.45, 7) is 9.38. The molecule has 0 aliphatic carbocycles. The Morgan fingerprint density at radius 2 is 0.795 bits per heavy atom. The summed E-state index contributed by atoms with van der Waals surface area (Å²) in [6.07, 6.45) is 46.0. The van der Waals surface area contributed by atoms with E-state index in [4.69, 9.17) is 0 Å². The smallest absolute Gasteiger partial charge is 0.234 e.